The first kappa shape index (κ1) is 14.9. The van der Waals surface area contributed by atoms with Gasteiger partial charge in [-0.25, -0.2) is 4.39 Å². The Kier molecular flexibility index (Phi) is 4.13. The number of hydrogen-bond donors (Lipinski definition) is 0. The van der Waals surface area contributed by atoms with E-state index >= 15 is 0 Å². The maximum atomic E-state index is 13.7. The lowest BCUT2D eigenvalue weighted by Crippen LogP contribution is -2.13. The number of nitro groups is 1. The van der Waals surface area contributed by atoms with E-state index in [0.717, 1.165) is 18.2 Å². The molecule has 0 spiro atoms. The molecule has 0 bridgehead atoms. The molecule has 1 heterocycles. The number of nitro benzene ring substituents is 1. The monoisotopic (exact) mass is 313 g/mol. The van der Waals surface area contributed by atoms with E-state index in [1.54, 1.807) is 19.0 Å². The van der Waals surface area contributed by atoms with Crippen molar-refractivity contribution in [3.63, 3.8) is 0 Å². The van der Waals surface area contributed by atoms with Gasteiger partial charge in [0.15, 0.2) is 11.6 Å². The second-order valence-corrected chi connectivity index (χ2v) is 4.39. The summed E-state index contributed by atoms with van der Waals surface area (Å²) < 4.78 is 18.9. The van der Waals surface area contributed by atoms with Crippen LogP contribution < -0.4 is 9.64 Å². The molecule has 2 rings (SSSR count). The fourth-order valence-electron chi connectivity index (χ4n) is 1.35. The number of halogens is 2. The standard InChI is InChI=1S/C11H9ClFN5O3/c1-17(2)10-14-9(12)15-11(16-10)21-8-4-3-6(18(19)20)5-7(8)13/h3-5H,1-2H3. The van der Waals surface area contributed by atoms with Crippen molar-refractivity contribution in [2.75, 3.05) is 19.0 Å². The van der Waals surface area contributed by atoms with E-state index in [4.69, 9.17) is 16.3 Å². The Morgan fingerprint density at radius 3 is 2.62 bits per heavy atom. The first-order chi connectivity index (χ1) is 9.86. The van der Waals surface area contributed by atoms with Crippen molar-refractivity contribution in [1.82, 2.24) is 15.0 Å². The fourth-order valence-corrected chi connectivity index (χ4v) is 1.50. The summed E-state index contributed by atoms with van der Waals surface area (Å²) in [6, 6.07) is 2.74. The van der Waals surface area contributed by atoms with Crippen LogP contribution in [0.4, 0.5) is 16.0 Å². The molecule has 1 aromatic carbocycles. The van der Waals surface area contributed by atoms with Gasteiger partial charge in [-0.15, -0.1) is 0 Å². The highest BCUT2D eigenvalue weighted by Gasteiger charge is 2.15. The summed E-state index contributed by atoms with van der Waals surface area (Å²) in [5.74, 6) is -0.938. The molecule has 0 atom stereocenters. The lowest BCUT2D eigenvalue weighted by molar-refractivity contribution is -0.385. The van der Waals surface area contributed by atoms with Gasteiger partial charge in [0.25, 0.3) is 5.69 Å². The van der Waals surface area contributed by atoms with Gasteiger partial charge in [0.1, 0.15) is 0 Å². The van der Waals surface area contributed by atoms with Crippen LogP contribution in [0, 0.1) is 15.9 Å². The summed E-state index contributed by atoms with van der Waals surface area (Å²) in [6.07, 6.45) is 0. The van der Waals surface area contributed by atoms with E-state index in [0.29, 0.717) is 0 Å². The van der Waals surface area contributed by atoms with Gasteiger partial charge in [-0.1, -0.05) is 0 Å². The van der Waals surface area contributed by atoms with Crippen LogP contribution in [-0.2, 0) is 0 Å². The molecule has 1 aromatic heterocycles. The van der Waals surface area contributed by atoms with Crippen LogP contribution in [-0.4, -0.2) is 34.0 Å². The molecule has 0 aliphatic carbocycles. The third-order valence-electron chi connectivity index (χ3n) is 2.30. The number of nitrogens with zero attached hydrogens (tertiary/aromatic N) is 5. The zero-order valence-corrected chi connectivity index (χ0v) is 11.7. The zero-order valence-electron chi connectivity index (χ0n) is 10.9. The molecule has 0 fully saturated rings. The molecule has 0 amide bonds. The smallest absolute Gasteiger partial charge is 0.328 e. The van der Waals surface area contributed by atoms with Crippen molar-refractivity contribution in [3.05, 3.63) is 39.4 Å². The molecule has 0 N–H and O–H groups in total. The summed E-state index contributed by atoms with van der Waals surface area (Å²) in [7, 11) is 3.36. The highest BCUT2D eigenvalue weighted by Crippen LogP contribution is 2.26. The van der Waals surface area contributed by atoms with Gasteiger partial charge in [0.2, 0.25) is 11.2 Å². The second kappa shape index (κ2) is 5.83. The van der Waals surface area contributed by atoms with Crippen molar-refractivity contribution in [2.24, 2.45) is 0 Å². The zero-order chi connectivity index (χ0) is 15.6. The average Bonchev–Trinajstić information content (AvgIpc) is 2.40. The molecule has 0 saturated heterocycles. The Morgan fingerprint density at radius 1 is 1.33 bits per heavy atom. The van der Waals surface area contributed by atoms with Crippen LogP contribution >= 0.6 is 11.6 Å². The SMILES string of the molecule is CN(C)c1nc(Cl)nc(Oc2ccc([N+](=O)[O-])cc2F)n1. The molecule has 0 radical (unpaired) electrons. The average molecular weight is 314 g/mol. The largest absolute Gasteiger partial charge is 0.421 e. The second-order valence-electron chi connectivity index (χ2n) is 4.06. The van der Waals surface area contributed by atoms with Crippen molar-refractivity contribution in [3.8, 4) is 11.8 Å². The number of aromatic nitrogens is 3. The minimum Gasteiger partial charge on any atom is -0.421 e. The first-order valence-electron chi connectivity index (χ1n) is 5.57. The van der Waals surface area contributed by atoms with E-state index in [1.165, 1.54) is 0 Å². The maximum absolute atomic E-state index is 13.7. The van der Waals surface area contributed by atoms with Crippen LogP contribution in [0.5, 0.6) is 11.8 Å². The van der Waals surface area contributed by atoms with Crippen LogP contribution in [0.15, 0.2) is 18.2 Å². The van der Waals surface area contributed by atoms with Crippen LogP contribution in [0.25, 0.3) is 0 Å². The van der Waals surface area contributed by atoms with Gasteiger partial charge >= 0.3 is 6.01 Å². The summed E-state index contributed by atoms with van der Waals surface area (Å²) in [5.41, 5.74) is -0.387. The molecule has 0 unspecified atom stereocenters. The summed E-state index contributed by atoms with van der Waals surface area (Å²) in [5, 5.41) is 10.4. The van der Waals surface area contributed by atoms with Gasteiger partial charge in [-0.05, 0) is 17.7 Å². The van der Waals surface area contributed by atoms with Crippen molar-refractivity contribution >= 4 is 23.2 Å². The van der Waals surface area contributed by atoms with Crippen LogP contribution in [0.1, 0.15) is 0 Å². The Labute approximate surface area is 123 Å². The fraction of sp³-hybridized carbons (Fsp3) is 0.182. The lowest BCUT2D eigenvalue weighted by atomic mass is 10.3. The summed E-state index contributed by atoms with van der Waals surface area (Å²) in [4.78, 5) is 22.8. The predicted octanol–water partition coefficient (Wildman–Crippen LogP) is 2.43. The minimum absolute atomic E-state index is 0.119. The van der Waals surface area contributed by atoms with E-state index in [9.17, 15) is 14.5 Å². The van der Waals surface area contributed by atoms with E-state index in [2.05, 4.69) is 15.0 Å². The number of ether oxygens (including phenoxy) is 1. The number of hydrogen-bond acceptors (Lipinski definition) is 7. The molecule has 2 aromatic rings. The highest BCUT2D eigenvalue weighted by molar-refractivity contribution is 6.28. The Morgan fingerprint density at radius 2 is 2.05 bits per heavy atom. The molecule has 0 aliphatic rings. The van der Waals surface area contributed by atoms with Gasteiger partial charge < -0.3 is 9.64 Å². The lowest BCUT2D eigenvalue weighted by Gasteiger charge is -2.11. The van der Waals surface area contributed by atoms with Gasteiger partial charge in [0.05, 0.1) is 11.0 Å². The normalized spacial score (nSPS) is 10.3. The molecule has 0 aliphatic heterocycles. The third kappa shape index (κ3) is 3.51. The minimum atomic E-state index is -0.910. The molecule has 0 saturated carbocycles. The molecule has 110 valence electrons. The predicted molar refractivity (Wildman–Crippen MR) is 72.3 cm³/mol. The Hall–Kier alpha value is -2.55. The molecule has 8 nitrogen and oxygen atoms in total. The van der Waals surface area contributed by atoms with Gasteiger partial charge in [-0.2, -0.15) is 15.0 Å². The quantitative estimate of drug-likeness (QED) is 0.632. The summed E-state index contributed by atoms with van der Waals surface area (Å²) in [6.45, 7) is 0. The molecular formula is C11H9ClFN5O3. The van der Waals surface area contributed by atoms with E-state index in [-0.39, 0.29) is 28.7 Å². The Bertz CT molecular complexity index is 698. The number of non-ortho nitro benzene ring substituents is 1. The molecular weight excluding hydrogens is 305 g/mol. The highest BCUT2D eigenvalue weighted by atomic mass is 35.5. The summed E-state index contributed by atoms with van der Waals surface area (Å²) >= 11 is 5.71. The van der Waals surface area contributed by atoms with E-state index in [1.807, 2.05) is 0 Å². The topological polar surface area (TPSA) is 94.3 Å². The molecule has 21 heavy (non-hydrogen) atoms. The molecule has 10 heteroatoms. The van der Waals surface area contributed by atoms with Crippen molar-refractivity contribution in [2.45, 2.75) is 0 Å². The van der Waals surface area contributed by atoms with Gasteiger partial charge in [-0.3, -0.25) is 10.1 Å². The first-order valence-corrected chi connectivity index (χ1v) is 5.95. The number of rotatable bonds is 4. The van der Waals surface area contributed by atoms with Crippen LogP contribution in [0.3, 0.4) is 0 Å². The van der Waals surface area contributed by atoms with Gasteiger partial charge in [0, 0.05) is 20.2 Å². The van der Waals surface area contributed by atoms with Crippen molar-refractivity contribution < 1.29 is 14.1 Å². The van der Waals surface area contributed by atoms with Crippen molar-refractivity contribution in [1.29, 1.82) is 0 Å². The van der Waals surface area contributed by atoms with Crippen LogP contribution in [0.2, 0.25) is 5.28 Å². The van der Waals surface area contributed by atoms with E-state index < -0.39 is 10.7 Å². The Balaban J connectivity index is 2.32. The maximum Gasteiger partial charge on any atom is 0.328 e. The third-order valence-corrected chi connectivity index (χ3v) is 2.47. The number of anilines is 1. The number of benzene rings is 1.